The molecule has 0 fully saturated rings. The van der Waals surface area contributed by atoms with Crippen molar-refractivity contribution in [2.45, 2.75) is 6.92 Å². The molecular weight excluding hydrogens is 450 g/mol. The molecule has 0 saturated heterocycles. The van der Waals surface area contributed by atoms with E-state index < -0.39 is 22.0 Å². The van der Waals surface area contributed by atoms with Gasteiger partial charge in [0.05, 0.1) is 0 Å². The Labute approximate surface area is 122 Å². The molecule has 0 unspecified atom stereocenters. The number of pyridine rings is 1. The van der Waals surface area contributed by atoms with Gasteiger partial charge < -0.3 is 0 Å². The van der Waals surface area contributed by atoms with Crippen LogP contribution in [0.5, 0.6) is 5.75 Å². The van der Waals surface area contributed by atoms with Gasteiger partial charge in [-0.05, 0) is 0 Å². The van der Waals surface area contributed by atoms with Crippen molar-refractivity contribution in [3.63, 3.8) is 0 Å². The molecule has 6 heteroatoms. The second kappa shape index (κ2) is 5.15. The predicted octanol–water partition coefficient (Wildman–Crippen LogP) is 3.14. The van der Waals surface area contributed by atoms with E-state index in [0.717, 1.165) is 14.5 Å². The van der Waals surface area contributed by atoms with Crippen LogP contribution in [0.1, 0.15) is 5.56 Å². The van der Waals surface area contributed by atoms with Crippen molar-refractivity contribution in [3.8, 4) is 5.75 Å². The molecule has 0 aliphatic carbocycles. The zero-order valence-corrected chi connectivity index (χ0v) is 13.7. The second-order valence-electron chi connectivity index (χ2n) is 3.15. The van der Waals surface area contributed by atoms with Gasteiger partial charge in [0.1, 0.15) is 0 Å². The summed E-state index contributed by atoms with van der Waals surface area (Å²) in [7, 11) is 0. The third-order valence-corrected chi connectivity index (χ3v) is 4.77. The van der Waals surface area contributed by atoms with Crippen LogP contribution in [0.3, 0.4) is 0 Å². The number of fused-ring (bicyclic) bond motifs is 1. The van der Waals surface area contributed by atoms with Crippen LogP contribution in [0.25, 0.3) is 10.9 Å². The number of benzene rings is 1. The average Bonchev–Trinajstić information content (AvgIpc) is 2.32. The molecule has 0 saturated carbocycles. The standard InChI is InChI=1S/C10H7ClINO.O.Sb/c1-5-7(11)6-3-2-4-13-9(6)10(14)8(5)12;;/h2-4,14H,1H3;;/q;;+1/p-1. The summed E-state index contributed by atoms with van der Waals surface area (Å²) in [4.78, 5) is 4.23. The first kappa shape index (κ1) is 12.5. The van der Waals surface area contributed by atoms with Gasteiger partial charge in [0.25, 0.3) is 0 Å². The Morgan fingerprint density at radius 1 is 1.56 bits per heavy atom. The van der Waals surface area contributed by atoms with Gasteiger partial charge in [0.15, 0.2) is 0 Å². The van der Waals surface area contributed by atoms with Crippen molar-refractivity contribution < 1.29 is 6.03 Å². The summed E-state index contributed by atoms with van der Waals surface area (Å²) in [5.74, 6) is 0.588. The fraction of sp³-hybridized carbons (Fsp3) is 0.100. The van der Waals surface area contributed by atoms with Gasteiger partial charge in [0, 0.05) is 0 Å². The van der Waals surface area contributed by atoms with E-state index in [2.05, 4.69) is 27.6 Å². The molecule has 82 valence electrons. The van der Waals surface area contributed by atoms with Crippen LogP contribution in [-0.2, 0) is 3.02 Å². The summed E-state index contributed by atoms with van der Waals surface area (Å²) < 4.78 is 16.9. The Balaban J connectivity index is 2.91. The van der Waals surface area contributed by atoms with E-state index in [1.807, 2.05) is 19.1 Å². The normalized spacial score (nSPS) is 10.4. The first-order valence-corrected chi connectivity index (χ1v) is 7.93. The van der Waals surface area contributed by atoms with Crippen molar-refractivity contribution in [3.05, 3.63) is 32.5 Å². The number of hydrogen-bond acceptors (Lipinski definition) is 3. The van der Waals surface area contributed by atoms with E-state index in [-0.39, 0.29) is 0 Å². The Kier molecular flexibility index (Phi) is 4.03. The SMILES string of the molecule is Cc1c(I)c([O][Sb]=[O])c2ncccc2c1Cl. The molecule has 2 aromatic rings. The van der Waals surface area contributed by atoms with Crippen molar-refractivity contribution in [1.29, 1.82) is 0 Å². The van der Waals surface area contributed by atoms with Gasteiger partial charge in [-0.3, -0.25) is 0 Å². The number of nitrogens with zero attached hydrogens (tertiary/aromatic N) is 1. The van der Waals surface area contributed by atoms with Crippen LogP contribution in [-0.4, -0.2) is 27.0 Å². The molecular formula is C10H6ClINO2Sb. The van der Waals surface area contributed by atoms with E-state index in [1.165, 1.54) is 0 Å². The van der Waals surface area contributed by atoms with Crippen LogP contribution < -0.4 is 3.02 Å². The molecule has 0 atom stereocenters. The molecule has 0 spiro atoms. The van der Waals surface area contributed by atoms with Gasteiger partial charge in [-0.15, -0.1) is 0 Å². The van der Waals surface area contributed by atoms with Gasteiger partial charge in [-0.2, -0.15) is 0 Å². The summed E-state index contributed by atoms with van der Waals surface area (Å²) in [6.07, 6.45) is 1.67. The molecule has 1 heterocycles. The molecule has 3 nitrogen and oxygen atoms in total. The molecule has 0 amide bonds. The second-order valence-corrected chi connectivity index (χ2v) is 5.55. The third kappa shape index (κ3) is 2.07. The van der Waals surface area contributed by atoms with Crippen molar-refractivity contribution >= 4 is 67.1 Å². The van der Waals surface area contributed by atoms with Gasteiger partial charge in [-0.25, -0.2) is 0 Å². The minimum absolute atomic E-state index is 0.588. The Morgan fingerprint density at radius 3 is 3.00 bits per heavy atom. The van der Waals surface area contributed by atoms with E-state index in [9.17, 15) is 3.02 Å². The monoisotopic (exact) mass is 455 g/mol. The molecule has 16 heavy (non-hydrogen) atoms. The minimum atomic E-state index is -1.85. The van der Waals surface area contributed by atoms with Gasteiger partial charge in [-0.1, -0.05) is 0 Å². The molecule has 1 aromatic carbocycles. The maximum atomic E-state index is 10.8. The number of aromatic nitrogens is 1. The summed E-state index contributed by atoms with van der Waals surface area (Å²) in [5, 5.41) is 1.51. The van der Waals surface area contributed by atoms with E-state index in [1.54, 1.807) is 6.20 Å². The summed E-state index contributed by atoms with van der Waals surface area (Å²) in [6.45, 7) is 1.91. The molecule has 1 aromatic heterocycles. The predicted molar refractivity (Wildman–Crippen MR) is 71.3 cm³/mol. The Bertz CT molecular complexity index is 576. The van der Waals surface area contributed by atoms with Crippen molar-refractivity contribution in [2.24, 2.45) is 0 Å². The van der Waals surface area contributed by atoms with Crippen LogP contribution in [0.15, 0.2) is 18.3 Å². The molecule has 0 aliphatic rings. The third-order valence-electron chi connectivity index (χ3n) is 2.25. The van der Waals surface area contributed by atoms with Crippen molar-refractivity contribution in [2.75, 3.05) is 0 Å². The Hall–Kier alpha value is 0.0682. The van der Waals surface area contributed by atoms with Gasteiger partial charge in [0.2, 0.25) is 0 Å². The first-order valence-electron chi connectivity index (χ1n) is 4.38. The Morgan fingerprint density at radius 2 is 2.31 bits per heavy atom. The first-order chi connectivity index (χ1) is 7.66. The molecule has 0 bridgehead atoms. The van der Waals surface area contributed by atoms with Crippen LogP contribution in [0, 0.1) is 10.5 Å². The van der Waals surface area contributed by atoms with Crippen LogP contribution >= 0.6 is 34.2 Å². The summed E-state index contributed by atoms with van der Waals surface area (Å²) in [5.41, 5.74) is 1.61. The van der Waals surface area contributed by atoms with Crippen LogP contribution in [0.2, 0.25) is 5.02 Å². The fourth-order valence-electron chi connectivity index (χ4n) is 1.46. The molecule has 0 radical (unpaired) electrons. The molecule has 0 aliphatic heterocycles. The number of hydrogen-bond donors (Lipinski definition) is 0. The van der Waals surface area contributed by atoms with Crippen molar-refractivity contribution in [1.82, 2.24) is 4.98 Å². The summed E-state index contributed by atoms with van der Waals surface area (Å²) in [6, 6.07) is 3.70. The fourth-order valence-corrected chi connectivity index (χ4v) is 3.74. The molecule has 2 rings (SSSR count). The van der Waals surface area contributed by atoms with Gasteiger partial charge >= 0.3 is 123 Å². The van der Waals surface area contributed by atoms with E-state index in [0.29, 0.717) is 16.3 Å². The van der Waals surface area contributed by atoms with E-state index in [4.69, 9.17) is 14.6 Å². The zero-order valence-electron chi connectivity index (χ0n) is 8.20. The zero-order chi connectivity index (χ0) is 11.7. The molecule has 0 N–H and O–H groups in total. The summed E-state index contributed by atoms with van der Waals surface area (Å²) >= 11 is 6.52. The maximum absolute atomic E-state index is 10.8. The van der Waals surface area contributed by atoms with E-state index >= 15 is 0 Å². The quantitative estimate of drug-likeness (QED) is 0.515. The average molecular weight is 456 g/mol. The number of rotatable bonds is 2. The van der Waals surface area contributed by atoms with Crippen LogP contribution in [0.4, 0.5) is 0 Å². The topological polar surface area (TPSA) is 39.2 Å². The number of halogens is 2.